The van der Waals surface area contributed by atoms with E-state index in [9.17, 15) is 31.5 Å². The van der Waals surface area contributed by atoms with Gasteiger partial charge >= 0.3 is 0 Å². The molecule has 0 bridgehead atoms. The first-order valence-electron chi connectivity index (χ1n) is 7.74. The van der Waals surface area contributed by atoms with E-state index in [-0.39, 0.29) is 29.7 Å². The highest BCUT2D eigenvalue weighted by atomic mass is 35.5. The molecule has 0 saturated carbocycles. The van der Waals surface area contributed by atoms with Crippen molar-refractivity contribution in [3.8, 4) is 0 Å². The van der Waals surface area contributed by atoms with Gasteiger partial charge in [-0.15, -0.1) is 23.2 Å². The highest BCUT2D eigenvalue weighted by Gasteiger charge is 2.51. The van der Waals surface area contributed by atoms with Crippen molar-refractivity contribution < 1.29 is 31.5 Å². The van der Waals surface area contributed by atoms with E-state index >= 15 is 0 Å². The maximum Gasteiger partial charge on any atom is 0.243 e. The van der Waals surface area contributed by atoms with Gasteiger partial charge in [0, 0.05) is 18.0 Å². The minimum Gasteiger partial charge on any atom is -0.273 e. The molecule has 0 N–H and O–H groups in total. The van der Waals surface area contributed by atoms with Gasteiger partial charge in [-0.25, -0.2) is 26.3 Å². The van der Waals surface area contributed by atoms with Crippen LogP contribution in [0.1, 0.15) is 12.8 Å². The van der Waals surface area contributed by atoms with Crippen molar-refractivity contribution in [3.05, 3.63) is 47.3 Å². The summed E-state index contributed by atoms with van der Waals surface area (Å²) < 4.78 is 59.4. The molecule has 1 aromatic carbocycles. The largest absolute Gasteiger partial charge is 0.273 e. The Morgan fingerprint density at radius 1 is 0.897 bits per heavy atom. The Labute approximate surface area is 186 Å². The average molecular weight is 517 g/mol. The molecule has 1 heterocycles. The van der Waals surface area contributed by atoms with Crippen LogP contribution in [0.2, 0.25) is 0 Å². The third kappa shape index (κ3) is 5.31. The highest BCUT2D eigenvalue weighted by molar-refractivity contribution is 8.02. The molecule has 2 unspecified atom stereocenters. The van der Waals surface area contributed by atoms with Crippen LogP contribution < -0.4 is 0 Å². The summed E-state index contributed by atoms with van der Waals surface area (Å²) >= 11 is 23.7. The molecule has 2 atom stereocenters. The molecule has 1 aliphatic heterocycles. The number of amides is 2. The van der Waals surface area contributed by atoms with Crippen LogP contribution in [0.4, 0.5) is 22.0 Å². The number of halogens is 9. The van der Waals surface area contributed by atoms with Gasteiger partial charge in [0.05, 0.1) is 11.8 Å². The van der Waals surface area contributed by atoms with Crippen molar-refractivity contribution in [1.29, 1.82) is 0 Å². The average Bonchev–Trinajstić information content (AvgIpc) is 2.90. The molecule has 2 aliphatic rings. The minimum atomic E-state index is -2.14. The second-order valence-electron chi connectivity index (χ2n) is 5.86. The van der Waals surface area contributed by atoms with E-state index in [1.807, 2.05) is 12.2 Å². The standard InChI is InChI=1S/C10H9Cl4NO2S.C6HF5/c11-9(12)10(13,14)18-15-7(16)5-3-1-2-4-6(5)8(15)17;7-2-1-3(8)5(10)6(11)4(2)9/h1-2,5-6,9H,3-4H2;1H. The molecule has 1 fully saturated rings. The summed E-state index contributed by atoms with van der Waals surface area (Å²) in [5, 5.41) is 0. The predicted octanol–water partition coefficient (Wildman–Crippen LogP) is 5.90. The van der Waals surface area contributed by atoms with Gasteiger partial charge in [0.25, 0.3) is 0 Å². The number of imide groups is 1. The van der Waals surface area contributed by atoms with Crippen molar-refractivity contribution >= 4 is 70.2 Å². The molecule has 3 rings (SSSR count). The molecule has 160 valence electrons. The smallest absolute Gasteiger partial charge is 0.243 e. The fraction of sp³-hybridized carbons (Fsp3) is 0.375. The topological polar surface area (TPSA) is 37.4 Å². The number of alkyl halides is 4. The van der Waals surface area contributed by atoms with Crippen LogP contribution in [0.25, 0.3) is 0 Å². The molecule has 0 radical (unpaired) electrons. The van der Waals surface area contributed by atoms with Gasteiger partial charge in [-0.2, -0.15) is 0 Å². The van der Waals surface area contributed by atoms with Gasteiger partial charge in [0.1, 0.15) is 0 Å². The number of hydrogen-bond donors (Lipinski definition) is 0. The van der Waals surface area contributed by atoms with Gasteiger partial charge in [-0.05, 0) is 12.8 Å². The Balaban J connectivity index is 0.000000234. The molecule has 0 aromatic heterocycles. The maximum atomic E-state index is 12.1. The van der Waals surface area contributed by atoms with Crippen LogP contribution in [0, 0.1) is 40.9 Å². The molecular weight excluding hydrogens is 507 g/mol. The molecule has 2 amide bonds. The Morgan fingerprint density at radius 3 is 1.69 bits per heavy atom. The van der Waals surface area contributed by atoms with Crippen LogP contribution in [0.3, 0.4) is 0 Å². The van der Waals surface area contributed by atoms with Gasteiger partial charge in [-0.3, -0.25) is 9.59 Å². The summed E-state index contributed by atoms with van der Waals surface area (Å²) in [7, 11) is 0. The summed E-state index contributed by atoms with van der Waals surface area (Å²) in [4.78, 5) is 23.1. The van der Waals surface area contributed by atoms with Crippen LogP contribution >= 0.6 is 58.4 Å². The van der Waals surface area contributed by atoms with Crippen LogP contribution in [0.15, 0.2) is 18.2 Å². The molecule has 13 heteroatoms. The third-order valence-corrected chi connectivity index (χ3v) is 7.22. The quantitative estimate of drug-likeness (QED) is 0.0954. The number of nitrogens with zero attached hydrogens (tertiary/aromatic N) is 1. The monoisotopic (exact) mass is 515 g/mol. The fourth-order valence-corrected chi connectivity index (χ4v) is 3.99. The zero-order chi connectivity index (χ0) is 22.1. The second kappa shape index (κ2) is 9.60. The fourth-order valence-electron chi connectivity index (χ4n) is 2.57. The number of rotatable bonds is 3. The van der Waals surface area contributed by atoms with Crippen molar-refractivity contribution in [2.75, 3.05) is 0 Å². The van der Waals surface area contributed by atoms with Crippen molar-refractivity contribution in [2.45, 2.75) is 21.3 Å². The third-order valence-electron chi connectivity index (χ3n) is 3.99. The van der Waals surface area contributed by atoms with E-state index in [0.717, 1.165) is 4.31 Å². The van der Waals surface area contributed by atoms with E-state index in [2.05, 4.69) is 0 Å². The number of benzene rings is 1. The highest BCUT2D eigenvalue weighted by Crippen LogP contribution is 2.48. The lowest BCUT2D eigenvalue weighted by molar-refractivity contribution is -0.133. The van der Waals surface area contributed by atoms with Crippen molar-refractivity contribution in [2.24, 2.45) is 11.8 Å². The number of carbonyl (C=O) groups excluding carboxylic acids is 2. The molecule has 1 aliphatic carbocycles. The SMILES string of the molecule is Fc1cc(F)c(F)c(F)c1F.O=C1C2CC=CCC2C(=O)N1SC(Cl)(Cl)C(Cl)Cl. The van der Waals surface area contributed by atoms with Crippen molar-refractivity contribution in [3.63, 3.8) is 0 Å². The lowest BCUT2D eigenvalue weighted by Crippen LogP contribution is -2.31. The first-order chi connectivity index (χ1) is 13.4. The number of fused-ring (bicyclic) bond motifs is 1. The molecule has 29 heavy (non-hydrogen) atoms. The Bertz CT molecular complexity index is 803. The summed E-state index contributed by atoms with van der Waals surface area (Å²) in [6.45, 7) is 0. The molecule has 1 aromatic rings. The lowest BCUT2D eigenvalue weighted by Gasteiger charge is -2.24. The van der Waals surface area contributed by atoms with Crippen LogP contribution in [-0.4, -0.2) is 24.6 Å². The van der Waals surface area contributed by atoms with Gasteiger partial charge < -0.3 is 0 Å². The van der Waals surface area contributed by atoms with E-state index < -0.39 is 37.6 Å². The molecule has 1 saturated heterocycles. The van der Waals surface area contributed by atoms with Crippen molar-refractivity contribution in [1.82, 2.24) is 4.31 Å². The second-order valence-corrected chi connectivity index (χ2v) is 9.98. The van der Waals surface area contributed by atoms with Crippen LogP contribution in [0.5, 0.6) is 0 Å². The van der Waals surface area contributed by atoms with E-state index in [1.165, 1.54) is 0 Å². The molecule has 0 spiro atoms. The van der Waals surface area contributed by atoms with Gasteiger partial charge in [-0.1, -0.05) is 35.4 Å². The first kappa shape index (κ1) is 24.5. The summed E-state index contributed by atoms with van der Waals surface area (Å²) in [6, 6.07) is -0.0618. The Morgan fingerprint density at radius 2 is 1.31 bits per heavy atom. The normalized spacial score (nSPS) is 21.4. The lowest BCUT2D eigenvalue weighted by atomic mass is 9.85. The van der Waals surface area contributed by atoms with E-state index in [0.29, 0.717) is 24.8 Å². The number of hydrogen-bond acceptors (Lipinski definition) is 3. The Kier molecular flexibility index (Phi) is 8.12. The van der Waals surface area contributed by atoms with E-state index in [1.54, 1.807) is 0 Å². The molecular formula is C16H10Cl4F5NO2S. The number of allylic oxidation sites excluding steroid dienone is 2. The zero-order valence-corrected chi connectivity index (χ0v) is 17.8. The summed E-state index contributed by atoms with van der Waals surface area (Å²) in [5.74, 6) is -10.8. The Hall–Kier alpha value is -0.740. The van der Waals surface area contributed by atoms with E-state index in [4.69, 9.17) is 46.4 Å². The van der Waals surface area contributed by atoms with Gasteiger partial charge in [0.15, 0.2) is 28.1 Å². The summed E-state index contributed by atoms with van der Waals surface area (Å²) in [6.07, 6.45) is 4.94. The first-order valence-corrected chi connectivity index (χ1v) is 10.1. The minimum absolute atomic E-state index is 0.0618. The number of carbonyl (C=O) groups is 2. The predicted molar refractivity (Wildman–Crippen MR) is 101 cm³/mol. The van der Waals surface area contributed by atoms with Crippen LogP contribution in [-0.2, 0) is 9.59 Å². The summed E-state index contributed by atoms with van der Waals surface area (Å²) in [5.41, 5.74) is 0. The molecule has 3 nitrogen and oxygen atoms in total. The maximum absolute atomic E-state index is 12.1. The zero-order valence-electron chi connectivity index (χ0n) is 14.0. The van der Waals surface area contributed by atoms with Gasteiger partial charge in [0.2, 0.25) is 21.3 Å².